The lowest BCUT2D eigenvalue weighted by Crippen LogP contribution is -1.96. The Balaban J connectivity index is 1.12. The Morgan fingerprint density at radius 3 is 1.57 bits per heavy atom. The van der Waals surface area contributed by atoms with Crippen molar-refractivity contribution in [3.63, 3.8) is 0 Å². The van der Waals surface area contributed by atoms with Gasteiger partial charge in [-0.2, -0.15) is 0 Å². The highest BCUT2D eigenvalue weighted by Crippen LogP contribution is 2.43. The van der Waals surface area contributed by atoms with Crippen LogP contribution in [0.2, 0.25) is 0 Å². The highest BCUT2D eigenvalue weighted by Gasteiger charge is 2.21. The topological polar surface area (TPSA) is 35.6 Å². The Morgan fingerprint density at radius 2 is 0.922 bits per heavy atom. The van der Waals surface area contributed by atoms with E-state index in [0.717, 1.165) is 44.2 Å². The van der Waals surface area contributed by atoms with Gasteiger partial charge in [0.2, 0.25) is 0 Å². The van der Waals surface area contributed by atoms with Crippen molar-refractivity contribution in [1.29, 1.82) is 0 Å². The van der Waals surface area contributed by atoms with E-state index in [0.29, 0.717) is 0 Å². The number of thiophene rings is 1. The lowest BCUT2D eigenvalue weighted by molar-refractivity contribution is 1.17. The maximum Gasteiger partial charge on any atom is 0.160 e. The van der Waals surface area contributed by atoms with Crippen LogP contribution in [0.1, 0.15) is 0 Å². The minimum atomic E-state index is 0.731. The average Bonchev–Trinajstić information content (AvgIpc) is 3.86. The molecule has 0 amide bonds. The molecule has 4 nitrogen and oxygen atoms in total. The molecule has 11 aromatic rings. The number of para-hydroxylation sites is 3. The van der Waals surface area contributed by atoms with E-state index >= 15 is 0 Å². The summed E-state index contributed by atoms with van der Waals surface area (Å²) in [5.74, 6) is 0.731. The molecule has 0 spiro atoms. The summed E-state index contributed by atoms with van der Waals surface area (Å²) in [7, 11) is 0. The van der Waals surface area contributed by atoms with E-state index in [9.17, 15) is 0 Å². The molecule has 5 heteroatoms. The Hall–Kier alpha value is -6.56. The fraction of sp³-hybridized carbons (Fsp3) is 0. The third-order valence-corrected chi connectivity index (χ3v) is 11.3. The molecule has 0 saturated heterocycles. The molecule has 11 rings (SSSR count). The van der Waals surface area contributed by atoms with E-state index in [1.165, 1.54) is 53.7 Å². The normalized spacial score (nSPS) is 11.9. The molecule has 0 fully saturated rings. The van der Waals surface area contributed by atoms with Gasteiger partial charge in [0.05, 0.1) is 38.0 Å². The molecule has 0 aliphatic carbocycles. The van der Waals surface area contributed by atoms with E-state index in [1.54, 1.807) is 11.3 Å². The third-order valence-electron chi connectivity index (χ3n) is 10.1. The third kappa shape index (κ3) is 4.19. The number of rotatable bonds is 4. The van der Waals surface area contributed by atoms with Crippen molar-refractivity contribution < 1.29 is 0 Å². The number of hydrogen-bond donors (Lipinski definition) is 0. The van der Waals surface area contributed by atoms with Gasteiger partial charge >= 0.3 is 0 Å². The Kier molecular flexibility index (Phi) is 6.09. The minimum Gasteiger partial charge on any atom is -0.309 e. The summed E-state index contributed by atoms with van der Waals surface area (Å²) in [5.41, 5.74) is 11.1. The smallest absolute Gasteiger partial charge is 0.160 e. The van der Waals surface area contributed by atoms with Crippen LogP contribution in [0.15, 0.2) is 170 Å². The summed E-state index contributed by atoms with van der Waals surface area (Å²) in [6, 6.07) is 60.5. The molecule has 0 aliphatic rings. The first-order valence-corrected chi connectivity index (χ1v) is 18.0. The summed E-state index contributed by atoms with van der Waals surface area (Å²) >= 11 is 1.76. The molecule has 4 heterocycles. The van der Waals surface area contributed by atoms with Gasteiger partial charge in [-0.3, -0.25) is 0 Å². The average molecular weight is 669 g/mol. The zero-order valence-corrected chi connectivity index (χ0v) is 28.2. The van der Waals surface area contributed by atoms with Gasteiger partial charge in [0.1, 0.15) is 0 Å². The van der Waals surface area contributed by atoms with E-state index in [-0.39, 0.29) is 0 Å². The van der Waals surface area contributed by atoms with Crippen LogP contribution in [-0.4, -0.2) is 19.1 Å². The molecular weight excluding hydrogens is 641 g/mol. The van der Waals surface area contributed by atoms with Crippen molar-refractivity contribution in [3.8, 4) is 34.0 Å². The minimum absolute atomic E-state index is 0.731. The predicted molar refractivity (Wildman–Crippen MR) is 214 cm³/mol. The molecule has 51 heavy (non-hydrogen) atoms. The van der Waals surface area contributed by atoms with Crippen LogP contribution < -0.4 is 0 Å². The zero-order chi connectivity index (χ0) is 33.5. The van der Waals surface area contributed by atoms with E-state index in [4.69, 9.17) is 9.97 Å². The highest BCUT2D eigenvalue weighted by molar-refractivity contribution is 7.26. The van der Waals surface area contributed by atoms with Crippen molar-refractivity contribution in [3.05, 3.63) is 170 Å². The fourth-order valence-electron chi connectivity index (χ4n) is 7.92. The summed E-state index contributed by atoms with van der Waals surface area (Å²) in [4.78, 5) is 10.4. The lowest BCUT2D eigenvalue weighted by Gasteiger charge is -2.11. The van der Waals surface area contributed by atoms with E-state index < -0.39 is 0 Å². The molecule has 238 valence electrons. The first-order chi connectivity index (χ1) is 25.3. The first kappa shape index (κ1) is 28.3. The Bertz CT molecular complexity index is 3120. The molecule has 0 saturated carbocycles. The van der Waals surface area contributed by atoms with Crippen LogP contribution in [0.4, 0.5) is 0 Å². The van der Waals surface area contributed by atoms with Crippen LogP contribution in [0.25, 0.3) is 97.9 Å². The summed E-state index contributed by atoms with van der Waals surface area (Å²) in [5, 5.41) is 6.20. The van der Waals surface area contributed by atoms with Gasteiger partial charge in [-0.25, -0.2) is 9.97 Å². The number of benzene rings is 7. The van der Waals surface area contributed by atoms with Gasteiger partial charge in [-0.15, -0.1) is 11.3 Å². The van der Waals surface area contributed by atoms with Crippen LogP contribution in [-0.2, 0) is 0 Å². The monoisotopic (exact) mass is 668 g/mol. The number of fused-ring (bicyclic) bond motifs is 10. The highest BCUT2D eigenvalue weighted by atomic mass is 32.1. The predicted octanol–water partition coefficient (Wildman–Crippen LogP) is 12.4. The van der Waals surface area contributed by atoms with E-state index in [1.807, 2.05) is 6.07 Å². The van der Waals surface area contributed by atoms with Gasteiger partial charge in [0, 0.05) is 54.1 Å². The number of hydrogen-bond acceptors (Lipinski definition) is 3. The number of nitrogens with zero attached hydrogens (tertiary/aromatic N) is 4. The molecule has 0 N–H and O–H groups in total. The van der Waals surface area contributed by atoms with Crippen LogP contribution in [0, 0.1) is 0 Å². The largest absolute Gasteiger partial charge is 0.309 e. The SMILES string of the molecule is c1ccc(-c2nc(-c3ccc(-n4c5ccccc5c5c6c7ccccc7n(-c7ccccc7)c6ccc54)cc3)nc3c2sc2ccccc23)cc1. The van der Waals surface area contributed by atoms with Gasteiger partial charge in [0.25, 0.3) is 0 Å². The molecule has 4 aromatic heterocycles. The second-order valence-electron chi connectivity index (χ2n) is 13.0. The molecule has 0 bridgehead atoms. The fourth-order valence-corrected chi connectivity index (χ4v) is 9.08. The van der Waals surface area contributed by atoms with Crippen molar-refractivity contribution in [2.24, 2.45) is 0 Å². The second kappa shape index (κ2) is 11.0. The molecule has 0 unspecified atom stereocenters. The summed E-state index contributed by atoms with van der Waals surface area (Å²) in [6.45, 7) is 0. The van der Waals surface area contributed by atoms with Gasteiger partial charge in [-0.1, -0.05) is 103 Å². The molecular formula is C46H28N4S. The van der Waals surface area contributed by atoms with Crippen LogP contribution >= 0.6 is 11.3 Å². The van der Waals surface area contributed by atoms with Gasteiger partial charge < -0.3 is 9.13 Å². The first-order valence-electron chi connectivity index (χ1n) is 17.2. The molecule has 0 atom stereocenters. The Morgan fingerprint density at radius 1 is 0.392 bits per heavy atom. The van der Waals surface area contributed by atoms with Crippen molar-refractivity contribution in [1.82, 2.24) is 19.1 Å². The molecule has 0 radical (unpaired) electrons. The second-order valence-corrected chi connectivity index (χ2v) is 14.0. The van der Waals surface area contributed by atoms with Crippen LogP contribution in [0.5, 0.6) is 0 Å². The maximum atomic E-state index is 5.21. The van der Waals surface area contributed by atoms with Crippen LogP contribution in [0.3, 0.4) is 0 Å². The quantitative estimate of drug-likeness (QED) is 0.187. The summed E-state index contributed by atoms with van der Waals surface area (Å²) in [6.07, 6.45) is 0. The van der Waals surface area contributed by atoms with Crippen molar-refractivity contribution >= 4 is 75.3 Å². The van der Waals surface area contributed by atoms with E-state index in [2.05, 4.69) is 173 Å². The Labute approximate surface area is 297 Å². The van der Waals surface area contributed by atoms with Crippen molar-refractivity contribution in [2.75, 3.05) is 0 Å². The number of aromatic nitrogens is 4. The standard InChI is InChI=1S/C46H28N4S/c1-3-13-29(14-4-1)43-45-44(35-19-9-12-22-40(35)51-45)48-46(47-43)30-23-25-32(26-24-30)50-37-21-11-8-18-34(37)42-39(50)28-27-38-41(42)33-17-7-10-20-36(33)49(38)31-15-5-2-6-16-31/h1-28H. The lowest BCUT2D eigenvalue weighted by atomic mass is 10.1. The van der Waals surface area contributed by atoms with Crippen molar-refractivity contribution in [2.45, 2.75) is 0 Å². The van der Waals surface area contributed by atoms with Gasteiger partial charge in [0.15, 0.2) is 5.82 Å². The molecule has 0 aliphatic heterocycles. The van der Waals surface area contributed by atoms with Gasteiger partial charge in [-0.05, 0) is 66.7 Å². The summed E-state index contributed by atoms with van der Waals surface area (Å²) < 4.78 is 7.13. The zero-order valence-electron chi connectivity index (χ0n) is 27.4. The maximum absolute atomic E-state index is 5.21. The molecule has 7 aromatic carbocycles.